The molecule has 0 aliphatic carbocycles. The molecule has 2 nitrogen and oxygen atoms in total. The SMILES string of the molecule is CCn1cc(CSC)c2cccc(O)c21. The third-order valence-electron chi connectivity index (χ3n) is 2.60. The largest absolute Gasteiger partial charge is 0.506 e. The first-order valence-electron chi connectivity index (χ1n) is 5.06. The van der Waals surface area contributed by atoms with Crippen molar-refractivity contribution in [3.8, 4) is 5.75 Å². The van der Waals surface area contributed by atoms with Crippen molar-refractivity contribution in [3.05, 3.63) is 30.0 Å². The van der Waals surface area contributed by atoms with Crippen molar-refractivity contribution in [3.63, 3.8) is 0 Å². The molecular weight excluding hydrogens is 206 g/mol. The highest BCUT2D eigenvalue weighted by atomic mass is 32.2. The Bertz CT molecular complexity index is 476. The van der Waals surface area contributed by atoms with Gasteiger partial charge in [-0.05, 0) is 24.8 Å². The molecule has 15 heavy (non-hydrogen) atoms. The van der Waals surface area contributed by atoms with Gasteiger partial charge in [-0.3, -0.25) is 0 Å². The zero-order valence-electron chi connectivity index (χ0n) is 9.03. The summed E-state index contributed by atoms with van der Waals surface area (Å²) in [7, 11) is 0. The van der Waals surface area contributed by atoms with E-state index in [4.69, 9.17) is 0 Å². The van der Waals surface area contributed by atoms with Crippen molar-refractivity contribution in [1.29, 1.82) is 0 Å². The van der Waals surface area contributed by atoms with E-state index in [9.17, 15) is 5.11 Å². The summed E-state index contributed by atoms with van der Waals surface area (Å²) >= 11 is 1.80. The van der Waals surface area contributed by atoms with Gasteiger partial charge in [0.2, 0.25) is 0 Å². The molecule has 0 amide bonds. The van der Waals surface area contributed by atoms with E-state index in [1.54, 1.807) is 17.8 Å². The van der Waals surface area contributed by atoms with E-state index in [-0.39, 0.29) is 0 Å². The first-order valence-corrected chi connectivity index (χ1v) is 6.46. The Kier molecular flexibility index (Phi) is 2.91. The van der Waals surface area contributed by atoms with E-state index < -0.39 is 0 Å². The Balaban J connectivity index is 2.69. The number of fused-ring (bicyclic) bond motifs is 1. The average Bonchev–Trinajstić information content (AvgIpc) is 2.59. The maximum atomic E-state index is 9.84. The van der Waals surface area contributed by atoms with Crippen LogP contribution in [0.3, 0.4) is 0 Å². The number of rotatable bonds is 3. The van der Waals surface area contributed by atoms with Gasteiger partial charge in [0.1, 0.15) is 5.75 Å². The molecule has 2 rings (SSSR count). The predicted octanol–water partition coefficient (Wildman–Crippen LogP) is 3.23. The Morgan fingerprint density at radius 2 is 2.20 bits per heavy atom. The predicted molar refractivity (Wildman–Crippen MR) is 66.5 cm³/mol. The van der Waals surface area contributed by atoms with Gasteiger partial charge >= 0.3 is 0 Å². The van der Waals surface area contributed by atoms with Crippen LogP contribution in [0.25, 0.3) is 10.9 Å². The van der Waals surface area contributed by atoms with Crippen LogP contribution in [0.2, 0.25) is 0 Å². The second-order valence-corrected chi connectivity index (χ2v) is 4.41. The third kappa shape index (κ3) is 1.72. The fourth-order valence-electron chi connectivity index (χ4n) is 1.93. The lowest BCUT2D eigenvalue weighted by Crippen LogP contribution is -1.90. The normalized spacial score (nSPS) is 11.1. The molecule has 1 aromatic heterocycles. The molecule has 0 aliphatic heterocycles. The van der Waals surface area contributed by atoms with Gasteiger partial charge < -0.3 is 9.67 Å². The maximum Gasteiger partial charge on any atom is 0.139 e. The zero-order chi connectivity index (χ0) is 10.8. The van der Waals surface area contributed by atoms with Gasteiger partial charge in [0, 0.05) is 23.9 Å². The Labute approximate surface area is 93.9 Å². The summed E-state index contributed by atoms with van der Waals surface area (Å²) in [4.78, 5) is 0. The highest BCUT2D eigenvalue weighted by Crippen LogP contribution is 2.30. The van der Waals surface area contributed by atoms with Crippen LogP contribution in [-0.4, -0.2) is 15.9 Å². The molecular formula is C12H15NOS. The smallest absolute Gasteiger partial charge is 0.139 e. The number of aromatic hydroxyl groups is 1. The maximum absolute atomic E-state index is 9.84. The molecule has 0 aliphatic rings. The molecule has 0 unspecified atom stereocenters. The molecule has 0 fully saturated rings. The Morgan fingerprint density at radius 3 is 2.87 bits per heavy atom. The molecule has 1 heterocycles. The van der Waals surface area contributed by atoms with Crippen molar-refractivity contribution in [2.24, 2.45) is 0 Å². The van der Waals surface area contributed by atoms with Crippen LogP contribution in [0.4, 0.5) is 0 Å². The van der Waals surface area contributed by atoms with Crippen LogP contribution in [0.15, 0.2) is 24.4 Å². The second-order valence-electron chi connectivity index (χ2n) is 3.55. The lowest BCUT2D eigenvalue weighted by Gasteiger charge is -2.01. The molecule has 1 aromatic carbocycles. The molecule has 80 valence electrons. The number of aromatic nitrogens is 1. The topological polar surface area (TPSA) is 25.2 Å². The number of aryl methyl sites for hydroxylation is 1. The number of benzene rings is 1. The molecule has 0 atom stereocenters. The molecule has 0 spiro atoms. The average molecular weight is 221 g/mol. The Morgan fingerprint density at radius 1 is 1.40 bits per heavy atom. The van der Waals surface area contributed by atoms with Crippen LogP contribution >= 0.6 is 11.8 Å². The first-order chi connectivity index (χ1) is 7.27. The van der Waals surface area contributed by atoms with E-state index in [1.807, 2.05) is 6.07 Å². The summed E-state index contributed by atoms with van der Waals surface area (Å²) in [6.07, 6.45) is 4.23. The van der Waals surface area contributed by atoms with E-state index in [2.05, 4.69) is 30.0 Å². The second kappa shape index (κ2) is 4.19. The Hall–Kier alpha value is -1.09. The number of hydrogen-bond donors (Lipinski definition) is 1. The van der Waals surface area contributed by atoms with Gasteiger partial charge in [-0.2, -0.15) is 11.8 Å². The first kappa shape index (κ1) is 10.4. The van der Waals surface area contributed by atoms with Crippen LogP contribution in [-0.2, 0) is 12.3 Å². The quantitative estimate of drug-likeness (QED) is 0.860. The molecule has 0 saturated heterocycles. The van der Waals surface area contributed by atoms with Crippen molar-refractivity contribution >= 4 is 22.7 Å². The van der Waals surface area contributed by atoms with Crippen molar-refractivity contribution < 1.29 is 5.11 Å². The summed E-state index contributed by atoms with van der Waals surface area (Å²) in [5.74, 6) is 1.37. The van der Waals surface area contributed by atoms with Crippen LogP contribution in [0.5, 0.6) is 5.75 Å². The van der Waals surface area contributed by atoms with Gasteiger partial charge in [-0.1, -0.05) is 12.1 Å². The number of thioether (sulfide) groups is 1. The summed E-state index contributed by atoms with van der Waals surface area (Å²) in [6.45, 7) is 2.98. The van der Waals surface area contributed by atoms with E-state index in [1.165, 1.54) is 10.9 Å². The standard InChI is InChI=1S/C12H15NOS/c1-3-13-7-9(8-15-2)10-5-4-6-11(14)12(10)13/h4-7,14H,3,8H2,1-2H3. The summed E-state index contributed by atoms with van der Waals surface area (Å²) < 4.78 is 2.11. The molecule has 2 aromatic rings. The van der Waals surface area contributed by atoms with Crippen molar-refractivity contribution in [1.82, 2.24) is 4.57 Å². The zero-order valence-corrected chi connectivity index (χ0v) is 9.84. The summed E-state index contributed by atoms with van der Waals surface area (Å²) in [5, 5.41) is 11.0. The highest BCUT2D eigenvalue weighted by molar-refractivity contribution is 7.97. The van der Waals surface area contributed by atoms with E-state index in [0.717, 1.165) is 17.8 Å². The minimum absolute atomic E-state index is 0.377. The van der Waals surface area contributed by atoms with Gasteiger partial charge in [-0.15, -0.1) is 0 Å². The van der Waals surface area contributed by atoms with Crippen LogP contribution in [0, 0.1) is 0 Å². The molecule has 0 radical (unpaired) electrons. The lowest BCUT2D eigenvalue weighted by molar-refractivity contribution is 0.478. The molecule has 0 saturated carbocycles. The summed E-state index contributed by atoms with van der Waals surface area (Å²) in [5.41, 5.74) is 2.26. The molecule has 0 bridgehead atoms. The van der Waals surface area contributed by atoms with Gasteiger partial charge in [0.25, 0.3) is 0 Å². The minimum atomic E-state index is 0.377. The van der Waals surface area contributed by atoms with Crippen LogP contribution in [0.1, 0.15) is 12.5 Å². The van der Waals surface area contributed by atoms with Crippen molar-refractivity contribution in [2.75, 3.05) is 6.26 Å². The van der Waals surface area contributed by atoms with E-state index in [0.29, 0.717) is 5.75 Å². The number of phenols is 1. The van der Waals surface area contributed by atoms with Gasteiger partial charge in [0.15, 0.2) is 0 Å². The number of nitrogens with zero attached hydrogens (tertiary/aromatic N) is 1. The number of para-hydroxylation sites is 1. The van der Waals surface area contributed by atoms with Gasteiger partial charge in [0.05, 0.1) is 5.52 Å². The monoisotopic (exact) mass is 221 g/mol. The molecule has 1 N–H and O–H groups in total. The molecule has 3 heteroatoms. The van der Waals surface area contributed by atoms with Crippen LogP contribution < -0.4 is 0 Å². The number of hydrogen-bond acceptors (Lipinski definition) is 2. The summed E-state index contributed by atoms with van der Waals surface area (Å²) in [6, 6.07) is 5.73. The van der Waals surface area contributed by atoms with Gasteiger partial charge in [-0.25, -0.2) is 0 Å². The lowest BCUT2D eigenvalue weighted by atomic mass is 10.2. The highest BCUT2D eigenvalue weighted by Gasteiger charge is 2.09. The van der Waals surface area contributed by atoms with Crippen molar-refractivity contribution in [2.45, 2.75) is 19.2 Å². The number of phenolic OH excluding ortho intramolecular Hbond substituents is 1. The fraction of sp³-hybridized carbons (Fsp3) is 0.333. The minimum Gasteiger partial charge on any atom is -0.506 e. The third-order valence-corrected chi connectivity index (χ3v) is 3.20. The van der Waals surface area contributed by atoms with E-state index >= 15 is 0 Å². The fourth-order valence-corrected chi connectivity index (χ4v) is 2.48.